The summed E-state index contributed by atoms with van der Waals surface area (Å²) in [6.07, 6.45) is 1.24. The summed E-state index contributed by atoms with van der Waals surface area (Å²) in [5.41, 5.74) is 0.220. The Bertz CT molecular complexity index is 208. The van der Waals surface area contributed by atoms with Gasteiger partial charge in [0.25, 0.3) is 0 Å². The summed E-state index contributed by atoms with van der Waals surface area (Å²) in [6, 6.07) is 0.627. The van der Waals surface area contributed by atoms with Crippen molar-refractivity contribution in [1.82, 2.24) is 15.1 Å². The molecule has 0 saturated carbocycles. The molecule has 0 aromatic heterocycles. The molecule has 0 fully saturated rings. The van der Waals surface area contributed by atoms with Crippen molar-refractivity contribution < 1.29 is 0 Å². The topological polar surface area (TPSA) is 18.5 Å². The molecule has 2 unspecified atom stereocenters. The lowest BCUT2D eigenvalue weighted by Crippen LogP contribution is -2.44. The zero-order valence-corrected chi connectivity index (χ0v) is 13.9. The number of hydrogen-bond donors (Lipinski definition) is 1. The Balaban J connectivity index is 3.93. The third kappa shape index (κ3) is 8.90. The molecule has 0 aliphatic rings. The maximum atomic E-state index is 3.60. The molecule has 3 heteroatoms. The van der Waals surface area contributed by atoms with Crippen molar-refractivity contribution in [2.24, 2.45) is 5.92 Å². The molecule has 0 aliphatic carbocycles. The van der Waals surface area contributed by atoms with Crippen LogP contribution in [-0.4, -0.2) is 62.2 Å². The molecule has 0 aliphatic heterocycles. The zero-order valence-electron chi connectivity index (χ0n) is 13.9. The van der Waals surface area contributed by atoms with Crippen LogP contribution in [0.1, 0.15) is 41.0 Å². The normalized spacial score (nSPS) is 16.3. The van der Waals surface area contributed by atoms with E-state index in [1.807, 2.05) is 0 Å². The van der Waals surface area contributed by atoms with Crippen LogP contribution in [0, 0.1) is 5.92 Å². The number of nitrogens with one attached hydrogen (secondary N) is 1. The van der Waals surface area contributed by atoms with Crippen LogP contribution in [0.5, 0.6) is 0 Å². The van der Waals surface area contributed by atoms with Crippen molar-refractivity contribution in [2.75, 3.05) is 40.8 Å². The molecule has 0 spiro atoms. The predicted molar refractivity (Wildman–Crippen MR) is 82.2 cm³/mol. The Morgan fingerprint density at radius 2 is 1.56 bits per heavy atom. The van der Waals surface area contributed by atoms with Crippen LogP contribution in [0.3, 0.4) is 0 Å². The minimum Gasteiger partial charge on any atom is -0.312 e. The fourth-order valence-electron chi connectivity index (χ4n) is 1.91. The summed E-state index contributed by atoms with van der Waals surface area (Å²) in [4.78, 5) is 4.74. The molecule has 0 aromatic carbocycles. The van der Waals surface area contributed by atoms with Gasteiger partial charge in [-0.25, -0.2) is 0 Å². The smallest absolute Gasteiger partial charge is 0.0102 e. The zero-order chi connectivity index (χ0) is 14.3. The lowest BCUT2D eigenvalue weighted by molar-refractivity contribution is 0.182. The molecule has 0 bridgehead atoms. The predicted octanol–water partition coefficient (Wildman–Crippen LogP) is 2.28. The van der Waals surface area contributed by atoms with Crippen molar-refractivity contribution in [3.05, 3.63) is 0 Å². The van der Waals surface area contributed by atoms with Gasteiger partial charge in [-0.3, -0.25) is 0 Å². The molecule has 110 valence electrons. The van der Waals surface area contributed by atoms with Crippen molar-refractivity contribution in [3.8, 4) is 0 Å². The summed E-state index contributed by atoms with van der Waals surface area (Å²) in [5, 5.41) is 3.60. The number of rotatable bonds is 8. The van der Waals surface area contributed by atoms with Crippen LogP contribution in [0.2, 0.25) is 0 Å². The molecule has 0 saturated heterocycles. The highest BCUT2D eigenvalue weighted by atomic mass is 15.1. The Hall–Kier alpha value is -0.120. The van der Waals surface area contributed by atoms with Crippen LogP contribution < -0.4 is 5.32 Å². The minimum absolute atomic E-state index is 0.220. The minimum atomic E-state index is 0.220. The van der Waals surface area contributed by atoms with Crippen molar-refractivity contribution >= 4 is 0 Å². The summed E-state index contributed by atoms with van der Waals surface area (Å²) in [7, 11) is 6.52. The molecule has 3 nitrogen and oxygen atoms in total. The van der Waals surface area contributed by atoms with E-state index in [4.69, 9.17) is 0 Å². The fraction of sp³-hybridized carbons (Fsp3) is 1.00. The highest BCUT2D eigenvalue weighted by molar-refractivity contribution is 4.77. The van der Waals surface area contributed by atoms with Gasteiger partial charge in [-0.15, -0.1) is 0 Å². The van der Waals surface area contributed by atoms with Crippen molar-refractivity contribution in [3.63, 3.8) is 0 Å². The average molecular weight is 257 g/mol. The first-order valence-electron chi connectivity index (χ1n) is 7.23. The molecule has 0 radical (unpaired) electrons. The van der Waals surface area contributed by atoms with E-state index in [9.17, 15) is 0 Å². The molecule has 18 heavy (non-hydrogen) atoms. The second-order valence-electron chi connectivity index (χ2n) is 6.99. The lowest BCUT2D eigenvalue weighted by Gasteiger charge is -2.32. The van der Waals surface area contributed by atoms with Crippen molar-refractivity contribution in [2.45, 2.75) is 52.6 Å². The molecular weight excluding hydrogens is 222 g/mol. The molecule has 1 N–H and O–H groups in total. The summed E-state index contributed by atoms with van der Waals surface area (Å²) >= 11 is 0. The largest absolute Gasteiger partial charge is 0.312 e. The second kappa shape index (κ2) is 8.13. The van der Waals surface area contributed by atoms with E-state index in [2.05, 4.69) is 70.9 Å². The average Bonchev–Trinajstić information content (AvgIpc) is 2.23. The van der Waals surface area contributed by atoms with Crippen LogP contribution >= 0.6 is 0 Å². The van der Waals surface area contributed by atoms with Crippen LogP contribution in [0.15, 0.2) is 0 Å². The Morgan fingerprint density at radius 1 is 1.00 bits per heavy atom. The maximum Gasteiger partial charge on any atom is 0.0102 e. The van der Waals surface area contributed by atoms with E-state index in [0.717, 1.165) is 6.54 Å². The van der Waals surface area contributed by atoms with Gasteiger partial charge >= 0.3 is 0 Å². The number of hydrogen-bond acceptors (Lipinski definition) is 3. The lowest BCUT2D eigenvalue weighted by atomic mass is 10.00. The maximum absolute atomic E-state index is 3.60. The van der Waals surface area contributed by atoms with Crippen LogP contribution in [0.4, 0.5) is 0 Å². The van der Waals surface area contributed by atoms with Crippen LogP contribution in [0.25, 0.3) is 0 Å². The van der Waals surface area contributed by atoms with E-state index in [0.29, 0.717) is 12.0 Å². The van der Waals surface area contributed by atoms with Gasteiger partial charge in [0.2, 0.25) is 0 Å². The third-order valence-electron chi connectivity index (χ3n) is 3.59. The van der Waals surface area contributed by atoms with Gasteiger partial charge < -0.3 is 15.1 Å². The van der Waals surface area contributed by atoms with E-state index in [-0.39, 0.29) is 5.54 Å². The van der Waals surface area contributed by atoms with Gasteiger partial charge in [-0.05, 0) is 80.8 Å². The van der Waals surface area contributed by atoms with Gasteiger partial charge in [0.15, 0.2) is 0 Å². The molecule has 0 aromatic rings. The fourth-order valence-corrected chi connectivity index (χ4v) is 1.91. The monoisotopic (exact) mass is 257 g/mol. The molecule has 0 amide bonds. The van der Waals surface area contributed by atoms with E-state index in [1.54, 1.807) is 0 Å². The van der Waals surface area contributed by atoms with E-state index in [1.165, 1.54) is 19.5 Å². The molecule has 0 rings (SSSR count). The van der Waals surface area contributed by atoms with Gasteiger partial charge in [0, 0.05) is 11.6 Å². The van der Waals surface area contributed by atoms with Gasteiger partial charge in [-0.2, -0.15) is 0 Å². The standard InChI is InChI=1S/C15H35N3/c1-13(12-16-15(3,4)5)14(2)18(8)11-9-10-17(6)7/h13-14,16H,9-12H2,1-8H3. The first kappa shape index (κ1) is 17.9. The Labute approximate surface area is 115 Å². The summed E-state index contributed by atoms with van der Waals surface area (Å²) in [5.74, 6) is 0.675. The van der Waals surface area contributed by atoms with Gasteiger partial charge in [0.1, 0.15) is 0 Å². The number of nitrogens with zero attached hydrogens (tertiary/aromatic N) is 2. The second-order valence-corrected chi connectivity index (χ2v) is 6.99. The highest BCUT2D eigenvalue weighted by Gasteiger charge is 2.18. The molecule has 0 heterocycles. The SMILES string of the molecule is CC(CNC(C)(C)C)C(C)N(C)CCCN(C)C. The van der Waals surface area contributed by atoms with Crippen LogP contribution in [-0.2, 0) is 0 Å². The van der Waals surface area contributed by atoms with E-state index < -0.39 is 0 Å². The highest BCUT2D eigenvalue weighted by Crippen LogP contribution is 2.10. The van der Waals surface area contributed by atoms with Gasteiger partial charge in [0.05, 0.1) is 0 Å². The molecular formula is C15H35N3. The third-order valence-corrected chi connectivity index (χ3v) is 3.59. The van der Waals surface area contributed by atoms with Crippen molar-refractivity contribution in [1.29, 1.82) is 0 Å². The first-order valence-corrected chi connectivity index (χ1v) is 7.23. The van der Waals surface area contributed by atoms with E-state index >= 15 is 0 Å². The summed E-state index contributed by atoms with van der Waals surface area (Å²) in [6.45, 7) is 14.8. The Morgan fingerprint density at radius 3 is 2.00 bits per heavy atom. The summed E-state index contributed by atoms with van der Waals surface area (Å²) < 4.78 is 0. The quantitative estimate of drug-likeness (QED) is 0.720. The first-order chi connectivity index (χ1) is 8.13. The Kier molecular flexibility index (Phi) is 8.08. The molecule has 2 atom stereocenters. The van der Waals surface area contributed by atoms with Gasteiger partial charge in [-0.1, -0.05) is 6.92 Å².